The number of rotatable bonds is 6. The highest BCUT2D eigenvalue weighted by Crippen LogP contribution is 2.19. The fraction of sp³-hybridized carbons (Fsp3) is 0.111. The SMILES string of the molecule is CCOc1ccccc1C=CC(=O)Nc1ccc(C(N)=O)cc1. The van der Waals surface area contributed by atoms with E-state index in [1.54, 1.807) is 30.3 Å². The maximum Gasteiger partial charge on any atom is 0.248 e. The molecule has 0 spiro atoms. The maximum absolute atomic E-state index is 11.9. The van der Waals surface area contributed by atoms with E-state index in [2.05, 4.69) is 5.32 Å². The van der Waals surface area contributed by atoms with Crippen LogP contribution in [0.2, 0.25) is 0 Å². The van der Waals surface area contributed by atoms with Gasteiger partial charge in [-0.1, -0.05) is 18.2 Å². The van der Waals surface area contributed by atoms with E-state index in [-0.39, 0.29) is 5.91 Å². The molecule has 2 aromatic carbocycles. The Bertz CT molecular complexity index is 721. The average Bonchev–Trinajstić information content (AvgIpc) is 2.55. The van der Waals surface area contributed by atoms with Gasteiger partial charge in [0.2, 0.25) is 11.8 Å². The molecule has 0 aliphatic rings. The van der Waals surface area contributed by atoms with Crippen LogP contribution in [0.1, 0.15) is 22.8 Å². The fourth-order valence-corrected chi connectivity index (χ4v) is 1.97. The summed E-state index contributed by atoms with van der Waals surface area (Å²) in [5, 5.41) is 2.71. The summed E-state index contributed by atoms with van der Waals surface area (Å²) in [6, 6.07) is 13.9. The molecule has 0 aromatic heterocycles. The van der Waals surface area contributed by atoms with Gasteiger partial charge in [-0.2, -0.15) is 0 Å². The van der Waals surface area contributed by atoms with Gasteiger partial charge in [0, 0.05) is 22.9 Å². The molecule has 0 unspecified atom stereocenters. The summed E-state index contributed by atoms with van der Waals surface area (Å²) < 4.78 is 5.50. The van der Waals surface area contributed by atoms with E-state index in [1.807, 2.05) is 31.2 Å². The third-order valence-electron chi connectivity index (χ3n) is 3.07. The molecule has 0 saturated carbocycles. The Morgan fingerprint density at radius 1 is 1.13 bits per heavy atom. The Morgan fingerprint density at radius 2 is 1.83 bits per heavy atom. The minimum atomic E-state index is -0.504. The standard InChI is InChI=1S/C18H18N2O3/c1-2-23-16-6-4-3-5-13(16)9-12-17(21)20-15-10-7-14(8-11-15)18(19)22/h3-12H,2H2,1H3,(H2,19,22)(H,20,21). The normalized spacial score (nSPS) is 10.5. The van der Waals surface area contributed by atoms with Gasteiger partial charge in [-0.25, -0.2) is 0 Å². The number of primary amides is 1. The summed E-state index contributed by atoms with van der Waals surface area (Å²) >= 11 is 0. The lowest BCUT2D eigenvalue weighted by Crippen LogP contribution is -2.11. The van der Waals surface area contributed by atoms with Crippen LogP contribution in [-0.2, 0) is 4.79 Å². The number of anilines is 1. The number of para-hydroxylation sites is 1. The third kappa shape index (κ3) is 4.71. The first kappa shape index (κ1) is 16.3. The van der Waals surface area contributed by atoms with Crippen LogP contribution in [0.3, 0.4) is 0 Å². The summed E-state index contributed by atoms with van der Waals surface area (Å²) in [4.78, 5) is 22.9. The molecule has 118 valence electrons. The number of ether oxygens (including phenoxy) is 1. The van der Waals surface area contributed by atoms with Gasteiger partial charge < -0.3 is 15.8 Å². The number of benzene rings is 2. The van der Waals surface area contributed by atoms with Crippen LogP contribution in [0, 0.1) is 0 Å². The van der Waals surface area contributed by atoms with Crippen molar-refractivity contribution in [3.8, 4) is 5.75 Å². The van der Waals surface area contributed by atoms with Crippen molar-refractivity contribution in [3.05, 3.63) is 65.7 Å². The Labute approximate surface area is 134 Å². The predicted molar refractivity (Wildman–Crippen MR) is 90.2 cm³/mol. The Morgan fingerprint density at radius 3 is 2.48 bits per heavy atom. The lowest BCUT2D eigenvalue weighted by atomic mass is 10.2. The second-order valence-electron chi connectivity index (χ2n) is 4.74. The topological polar surface area (TPSA) is 81.4 Å². The van der Waals surface area contributed by atoms with Crippen molar-refractivity contribution in [1.82, 2.24) is 0 Å². The summed E-state index contributed by atoms with van der Waals surface area (Å²) in [6.07, 6.45) is 3.12. The third-order valence-corrected chi connectivity index (χ3v) is 3.07. The molecule has 0 saturated heterocycles. The molecule has 0 radical (unpaired) electrons. The van der Waals surface area contributed by atoms with E-state index in [4.69, 9.17) is 10.5 Å². The number of hydrogen-bond acceptors (Lipinski definition) is 3. The highest BCUT2D eigenvalue weighted by atomic mass is 16.5. The van der Waals surface area contributed by atoms with E-state index in [0.29, 0.717) is 17.9 Å². The minimum absolute atomic E-state index is 0.275. The minimum Gasteiger partial charge on any atom is -0.493 e. The Kier molecular flexibility index (Phi) is 5.52. The van der Waals surface area contributed by atoms with Crippen LogP contribution in [0.4, 0.5) is 5.69 Å². The van der Waals surface area contributed by atoms with Crippen molar-refractivity contribution in [1.29, 1.82) is 0 Å². The number of hydrogen-bond donors (Lipinski definition) is 2. The zero-order valence-corrected chi connectivity index (χ0v) is 12.8. The number of carbonyl (C=O) groups excluding carboxylic acids is 2. The number of carbonyl (C=O) groups is 2. The van der Waals surface area contributed by atoms with Crippen LogP contribution in [-0.4, -0.2) is 18.4 Å². The molecule has 0 heterocycles. The first-order valence-electron chi connectivity index (χ1n) is 7.21. The van der Waals surface area contributed by atoms with E-state index >= 15 is 0 Å². The quantitative estimate of drug-likeness (QED) is 0.805. The lowest BCUT2D eigenvalue weighted by molar-refractivity contribution is -0.111. The van der Waals surface area contributed by atoms with Gasteiger partial charge >= 0.3 is 0 Å². The molecule has 23 heavy (non-hydrogen) atoms. The molecular weight excluding hydrogens is 292 g/mol. The number of nitrogens with one attached hydrogen (secondary N) is 1. The number of amides is 2. The van der Waals surface area contributed by atoms with Crippen molar-refractivity contribution < 1.29 is 14.3 Å². The monoisotopic (exact) mass is 310 g/mol. The first-order chi connectivity index (χ1) is 11.1. The summed E-state index contributed by atoms with van der Waals surface area (Å²) in [7, 11) is 0. The summed E-state index contributed by atoms with van der Waals surface area (Å²) in [5.74, 6) is -0.0525. The molecule has 0 bridgehead atoms. The van der Waals surface area contributed by atoms with Gasteiger partial charge in [0.15, 0.2) is 0 Å². The molecule has 0 atom stereocenters. The lowest BCUT2D eigenvalue weighted by Gasteiger charge is -2.06. The molecule has 2 amide bonds. The Hall–Kier alpha value is -3.08. The van der Waals surface area contributed by atoms with Crippen molar-refractivity contribution in [3.63, 3.8) is 0 Å². The Balaban J connectivity index is 2.03. The van der Waals surface area contributed by atoms with Gasteiger partial charge in [0.25, 0.3) is 0 Å². The van der Waals surface area contributed by atoms with Crippen molar-refractivity contribution in [2.75, 3.05) is 11.9 Å². The fourth-order valence-electron chi connectivity index (χ4n) is 1.97. The second-order valence-corrected chi connectivity index (χ2v) is 4.74. The molecular formula is C18H18N2O3. The molecule has 0 aliphatic heterocycles. The van der Waals surface area contributed by atoms with E-state index < -0.39 is 5.91 Å². The highest BCUT2D eigenvalue weighted by Gasteiger charge is 2.03. The van der Waals surface area contributed by atoms with E-state index in [9.17, 15) is 9.59 Å². The largest absolute Gasteiger partial charge is 0.493 e. The number of nitrogens with two attached hydrogens (primary N) is 1. The van der Waals surface area contributed by atoms with Crippen LogP contribution >= 0.6 is 0 Å². The molecule has 3 N–H and O–H groups in total. The van der Waals surface area contributed by atoms with Crippen LogP contribution < -0.4 is 15.8 Å². The van der Waals surface area contributed by atoms with Gasteiger partial charge in [-0.15, -0.1) is 0 Å². The second kappa shape index (κ2) is 7.79. The van der Waals surface area contributed by atoms with Gasteiger partial charge in [-0.05, 0) is 43.3 Å². The van der Waals surface area contributed by atoms with Crippen LogP contribution in [0.15, 0.2) is 54.6 Å². The predicted octanol–water partition coefficient (Wildman–Crippen LogP) is 2.84. The van der Waals surface area contributed by atoms with Gasteiger partial charge in [0.1, 0.15) is 5.75 Å². The summed E-state index contributed by atoms with van der Waals surface area (Å²) in [5.41, 5.74) is 6.97. The molecule has 5 heteroatoms. The van der Waals surface area contributed by atoms with E-state index in [1.165, 1.54) is 6.08 Å². The van der Waals surface area contributed by atoms with Crippen LogP contribution in [0.5, 0.6) is 5.75 Å². The average molecular weight is 310 g/mol. The van der Waals surface area contributed by atoms with Crippen molar-refractivity contribution in [2.24, 2.45) is 5.73 Å². The molecule has 2 rings (SSSR count). The molecule has 0 aliphatic carbocycles. The maximum atomic E-state index is 11.9. The zero-order chi connectivity index (χ0) is 16.7. The molecule has 2 aromatic rings. The van der Waals surface area contributed by atoms with Gasteiger partial charge in [-0.3, -0.25) is 9.59 Å². The zero-order valence-electron chi connectivity index (χ0n) is 12.8. The smallest absolute Gasteiger partial charge is 0.248 e. The van der Waals surface area contributed by atoms with E-state index in [0.717, 1.165) is 11.3 Å². The highest BCUT2D eigenvalue weighted by molar-refractivity contribution is 6.02. The first-order valence-corrected chi connectivity index (χ1v) is 7.21. The van der Waals surface area contributed by atoms with Crippen molar-refractivity contribution in [2.45, 2.75) is 6.92 Å². The van der Waals surface area contributed by atoms with Gasteiger partial charge in [0.05, 0.1) is 6.61 Å². The molecule has 0 fully saturated rings. The summed E-state index contributed by atoms with van der Waals surface area (Å²) in [6.45, 7) is 2.46. The molecule has 5 nitrogen and oxygen atoms in total. The van der Waals surface area contributed by atoms with Crippen molar-refractivity contribution >= 4 is 23.6 Å². The van der Waals surface area contributed by atoms with Crippen LogP contribution in [0.25, 0.3) is 6.08 Å².